The molecule has 0 saturated heterocycles. The topological polar surface area (TPSA) is 78.4 Å². The summed E-state index contributed by atoms with van der Waals surface area (Å²) in [7, 11) is 0. The van der Waals surface area contributed by atoms with Crippen LogP contribution in [-0.2, 0) is 22.6 Å². The van der Waals surface area contributed by atoms with Gasteiger partial charge in [0.25, 0.3) is 0 Å². The lowest BCUT2D eigenvalue weighted by Gasteiger charge is -2.26. The van der Waals surface area contributed by atoms with Gasteiger partial charge in [0.05, 0.1) is 6.04 Å². The Morgan fingerprint density at radius 1 is 1.42 bits per heavy atom. The van der Waals surface area contributed by atoms with Crippen molar-refractivity contribution in [1.29, 1.82) is 0 Å². The minimum absolute atomic E-state index is 0.247. The van der Waals surface area contributed by atoms with Crippen molar-refractivity contribution in [1.82, 2.24) is 10.6 Å². The van der Waals surface area contributed by atoms with E-state index in [0.29, 0.717) is 19.4 Å². The quantitative estimate of drug-likeness (QED) is 0.745. The number of hydrogen-bond donors (Lipinski definition) is 3. The number of carboxylic acid groups (broad SMARTS) is 1. The fourth-order valence-corrected chi connectivity index (χ4v) is 2.25. The number of fused-ring (bicyclic) bond motifs is 1. The normalized spacial score (nSPS) is 19.3. The van der Waals surface area contributed by atoms with E-state index in [1.54, 1.807) is 6.92 Å². The van der Waals surface area contributed by atoms with Crippen LogP contribution in [0.25, 0.3) is 0 Å². The van der Waals surface area contributed by atoms with Gasteiger partial charge in [-0.3, -0.25) is 4.79 Å². The van der Waals surface area contributed by atoms with Gasteiger partial charge in [0, 0.05) is 6.54 Å². The Morgan fingerprint density at radius 3 is 2.74 bits per heavy atom. The molecule has 19 heavy (non-hydrogen) atoms. The van der Waals surface area contributed by atoms with E-state index in [1.807, 2.05) is 24.3 Å². The Kier molecular flexibility index (Phi) is 4.16. The fourth-order valence-electron chi connectivity index (χ4n) is 2.25. The maximum Gasteiger partial charge on any atom is 0.326 e. The summed E-state index contributed by atoms with van der Waals surface area (Å²) in [5.74, 6) is -1.24. The Bertz CT molecular complexity index is 487. The lowest BCUT2D eigenvalue weighted by atomic mass is 9.95. The van der Waals surface area contributed by atoms with Gasteiger partial charge in [-0.2, -0.15) is 0 Å². The highest BCUT2D eigenvalue weighted by molar-refractivity contribution is 5.87. The molecule has 0 spiro atoms. The molecule has 1 aromatic rings. The zero-order valence-electron chi connectivity index (χ0n) is 10.8. The van der Waals surface area contributed by atoms with Gasteiger partial charge in [-0.1, -0.05) is 31.2 Å². The Balaban J connectivity index is 2.01. The van der Waals surface area contributed by atoms with Crippen LogP contribution in [-0.4, -0.2) is 29.1 Å². The predicted molar refractivity (Wildman–Crippen MR) is 70.6 cm³/mol. The Labute approximate surface area is 112 Å². The number of aliphatic carboxylic acids is 1. The van der Waals surface area contributed by atoms with Crippen molar-refractivity contribution in [2.24, 2.45) is 0 Å². The van der Waals surface area contributed by atoms with Crippen molar-refractivity contribution in [3.05, 3.63) is 35.4 Å². The van der Waals surface area contributed by atoms with E-state index in [4.69, 9.17) is 5.11 Å². The zero-order valence-corrected chi connectivity index (χ0v) is 10.8. The number of amides is 1. The average Bonchev–Trinajstić information content (AvgIpc) is 2.43. The molecule has 1 amide bonds. The molecule has 0 unspecified atom stereocenters. The minimum atomic E-state index is -0.993. The van der Waals surface area contributed by atoms with Crippen molar-refractivity contribution in [2.75, 3.05) is 0 Å². The Hall–Kier alpha value is -1.88. The summed E-state index contributed by atoms with van der Waals surface area (Å²) in [6, 6.07) is 6.78. The highest BCUT2D eigenvalue weighted by Gasteiger charge is 2.27. The molecule has 0 bridgehead atoms. The van der Waals surface area contributed by atoms with E-state index >= 15 is 0 Å². The molecule has 0 aromatic heterocycles. The molecule has 0 fully saturated rings. The largest absolute Gasteiger partial charge is 0.480 e. The third-order valence-corrected chi connectivity index (χ3v) is 3.42. The lowest BCUT2D eigenvalue weighted by molar-refractivity contribution is -0.142. The van der Waals surface area contributed by atoms with Crippen LogP contribution in [0.3, 0.4) is 0 Å². The van der Waals surface area contributed by atoms with Crippen molar-refractivity contribution in [3.63, 3.8) is 0 Å². The van der Waals surface area contributed by atoms with E-state index in [0.717, 1.165) is 5.56 Å². The first-order chi connectivity index (χ1) is 9.11. The maximum absolute atomic E-state index is 12.0. The molecule has 5 heteroatoms. The summed E-state index contributed by atoms with van der Waals surface area (Å²) < 4.78 is 0. The number of carbonyl (C=O) groups excluding carboxylic acids is 1. The second kappa shape index (κ2) is 5.84. The number of benzene rings is 1. The molecule has 3 N–H and O–H groups in total. The third-order valence-electron chi connectivity index (χ3n) is 3.42. The summed E-state index contributed by atoms with van der Waals surface area (Å²) in [5, 5.41) is 14.6. The molecule has 1 heterocycles. The molecule has 0 radical (unpaired) electrons. The van der Waals surface area contributed by atoms with Gasteiger partial charge in [-0.05, 0) is 24.0 Å². The van der Waals surface area contributed by atoms with Gasteiger partial charge in [0.2, 0.25) is 5.91 Å². The first-order valence-corrected chi connectivity index (χ1v) is 6.45. The average molecular weight is 262 g/mol. The second-order valence-electron chi connectivity index (χ2n) is 4.71. The third kappa shape index (κ3) is 3.12. The van der Waals surface area contributed by atoms with Gasteiger partial charge in [0.1, 0.15) is 6.04 Å². The number of rotatable bonds is 4. The van der Waals surface area contributed by atoms with Crippen molar-refractivity contribution in [3.8, 4) is 0 Å². The molecule has 1 aliphatic rings. The van der Waals surface area contributed by atoms with Gasteiger partial charge < -0.3 is 15.7 Å². The molecule has 0 saturated carbocycles. The van der Waals surface area contributed by atoms with E-state index in [9.17, 15) is 9.59 Å². The fraction of sp³-hybridized carbons (Fsp3) is 0.429. The summed E-state index contributed by atoms with van der Waals surface area (Å²) in [6.45, 7) is 2.38. The van der Waals surface area contributed by atoms with Gasteiger partial charge in [-0.15, -0.1) is 0 Å². The summed E-state index contributed by atoms with van der Waals surface area (Å²) in [6.07, 6.45) is 0.975. The minimum Gasteiger partial charge on any atom is -0.480 e. The summed E-state index contributed by atoms with van der Waals surface area (Å²) in [5.41, 5.74) is 2.33. The summed E-state index contributed by atoms with van der Waals surface area (Å²) in [4.78, 5) is 23.0. The molecule has 0 aliphatic carbocycles. The van der Waals surface area contributed by atoms with Crippen LogP contribution in [0.15, 0.2) is 24.3 Å². The molecular weight excluding hydrogens is 244 g/mol. The van der Waals surface area contributed by atoms with Crippen LogP contribution in [0.1, 0.15) is 24.5 Å². The second-order valence-corrected chi connectivity index (χ2v) is 4.71. The molecular formula is C14H18N2O3. The van der Waals surface area contributed by atoms with Gasteiger partial charge in [0.15, 0.2) is 0 Å². The van der Waals surface area contributed by atoms with Crippen molar-refractivity contribution < 1.29 is 14.7 Å². The Morgan fingerprint density at radius 2 is 2.11 bits per heavy atom. The highest BCUT2D eigenvalue weighted by atomic mass is 16.4. The standard InChI is InChI=1S/C14H18N2O3/c1-2-11(14(18)19)16-13(17)12-7-9-5-3-4-6-10(9)8-15-12/h3-6,11-12,15H,2,7-8H2,1H3,(H,16,17)(H,18,19)/t11-,12-/m1/s1. The lowest BCUT2D eigenvalue weighted by Crippen LogP contribution is -2.52. The van der Waals surface area contributed by atoms with Crippen LogP contribution >= 0.6 is 0 Å². The number of hydrogen-bond acceptors (Lipinski definition) is 3. The molecule has 2 atom stereocenters. The first-order valence-electron chi connectivity index (χ1n) is 6.45. The van der Waals surface area contributed by atoms with E-state index in [-0.39, 0.29) is 11.9 Å². The van der Waals surface area contributed by atoms with Crippen LogP contribution in [0.4, 0.5) is 0 Å². The van der Waals surface area contributed by atoms with Crippen LogP contribution in [0, 0.1) is 0 Å². The molecule has 1 aromatic carbocycles. The van der Waals surface area contributed by atoms with Gasteiger partial charge >= 0.3 is 5.97 Å². The molecule has 1 aliphatic heterocycles. The first kappa shape index (κ1) is 13.5. The van der Waals surface area contributed by atoms with Crippen molar-refractivity contribution in [2.45, 2.75) is 38.4 Å². The van der Waals surface area contributed by atoms with E-state index in [2.05, 4.69) is 10.6 Å². The summed E-state index contributed by atoms with van der Waals surface area (Å²) >= 11 is 0. The van der Waals surface area contributed by atoms with E-state index < -0.39 is 12.0 Å². The number of carbonyl (C=O) groups is 2. The molecule has 102 valence electrons. The number of carboxylic acids is 1. The monoisotopic (exact) mass is 262 g/mol. The SMILES string of the molecule is CC[C@@H](NC(=O)[C@H]1Cc2ccccc2CN1)C(=O)O. The van der Waals surface area contributed by atoms with E-state index in [1.165, 1.54) is 5.56 Å². The van der Waals surface area contributed by atoms with Crippen LogP contribution in [0.2, 0.25) is 0 Å². The smallest absolute Gasteiger partial charge is 0.326 e. The maximum atomic E-state index is 12.0. The van der Waals surface area contributed by atoms with Crippen molar-refractivity contribution >= 4 is 11.9 Å². The molecule has 5 nitrogen and oxygen atoms in total. The predicted octanol–water partition coefficient (Wildman–Crippen LogP) is 0.680. The highest BCUT2D eigenvalue weighted by Crippen LogP contribution is 2.16. The van der Waals surface area contributed by atoms with Crippen LogP contribution in [0.5, 0.6) is 0 Å². The van der Waals surface area contributed by atoms with Crippen LogP contribution < -0.4 is 10.6 Å². The zero-order chi connectivity index (χ0) is 13.8. The number of nitrogens with one attached hydrogen (secondary N) is 2. The molecule has 2 rings (SSSR count). The van der Waals surface area contributed by atoms with Gasteiger partial charge in [-0.25, -0.2) is 4.79 Å².